The minimum absolute atomic E-state index is 0.0101. The van der Waals surface area contributed by atoms with Crippen molar-refractivity contribution in [1.29, 1.82) is 0 Å². The van der Waals surface area contributed by atoms with E-state index in [0.717, 1.165) is 4.90 Å². The van der Waals surface area contributed by atoms with Gasteiger partial charge in [-0.1, -0.05) is 6.08 Å². The number of ether oxygens (including phenoxy) is 1. The van der Waals surface area contributed by atoms with Gasteiger partial charge in [-0.2, -0.15) is 0 Å². The van der Waals surface area contributed by atoms with Crippen LogP contribution in [0, 0.1) is 5.92 Å². The molecule has 0 radical (unpaired) electrons. The van der Waals surface area contributed by atoms with Crippen LogP contribution in [-0.4, -0.2) is 51.7 Å². The second kappa shape index (κ2) is 7.46. The van der Waals surface area contributed by atoms with Crippen LogP contribution in [-0.2, 0) is 28.7 Å². The van der Waals surface area contributed by atoms with Crippen molar-refractivity contribution >= 4 is 29.6 Å². The Labute approximate surface area is 156 Å². The zero-order valence-electron chi connectivity index (χ0n) is 15.0. The summed E-state index contributed by atoms with van der Waals surface area (Å²) in [6, 6.07) is 0. The zero-order chi connectivity index (χ0) is 19.6. The highest BCUT2D eigenvalue weighted by Gasteiger charge is 2.51. The number of amides is 4. The minimum Gasteiger partial charge on any atom is -0.438 e. The van der Waals surface area contributed by atoms with E-state index < -0.39 is 11.7 Å². The summed E-state index contributed by atoms with van der Waals surface area (Å²) in [6.07, 6.45) is 5.75. The maximum Gasteiger partial charge on any atom is 0.311 e. The normalized spacial score (nSPS) is 28.2. The van der Waals surface area contributed by atoms with E-state index in [1.165, 1.54) is 23.1 Å². The summed E-state index contributed by atoms with van der Waals surface area (Å²) >= 11 is 0. The molecule has 3 aliphatic rings. The number of likely N-dealkylation sites (tertiary alicyclic amines) is 1. The van der Waals surface area contributed by atoms with Gasteiger partial charge in [0.15, 0.2) is 5.72 Å². The third-order valence-electron chi connectivity index (χ3n) is 5.30. The van der Waals surface area contributed by atoms with Crippen LogP contribution in [0.5, 0.6) is 0 Å². The van der Waals surface area contributed by atoms with Crippen molar-refractivity contribution in [1.82, 2.24) is 9.80 Å². The van der Waals surface area contributed by atoms with E-state index in [1.807, 2.05) is 0 Å². The van der Waals surface area contributed by atoms with Gasteiger partial charge in [-0.3, -0.25) is 28.9 Å². The fourth-order valence-electron chi connectivity index (χ4n) is 3.95. The van der Waals surface area contributed by atoms with Crippen LogP contribution in [0.1, 0.15) is 44.9 Å². The van der Waals surface area contributed by atoms with Crippen LogP contribution in [0.25, 0.3) is 0 Å². The molecular weight excluding hydrogens is 352 g/mol. The van der Waals surface area contributed by atoms with Crippen LogP contribution < -0.4 is 0 Å². The van der Waals surface area contributed by atoms with E-state index >= 15 is 0 Å². The number of esters is 1. The number of hydrogen-bond donors (Lipinski definition) is 0. The Morgan fingerprint density at radius 2 is 1.67 bits per heavy atom. The summed E-state index contributed by atoms with van der Waals surface area (Å²) in [5.41, 5.74) is -1.28. The van der Waals surface area contributed by atoms with Gasteiger partial charge in [-0.05, 0) is 18.8 Å². The van der Waals surface area contributed by atoms with Crippen molar-refractivity contribution in [2.24, 2.45) is 5.92 Å². The number of nitrogens with zero attached hydrogens (tertiary/aromatic N) is 2. The molecule has 2 fully saturated rings. The molecule has 0 unspecified atom stereocenters. The molecule has 0 N–H and O–H groups in total. The molecule has 4 amide bonds. The topological polar surface area (TPSA) is 101 Å². The number of rotatable bonds is 6. The van der Waals surface area contributed by atoms with Gasteiger partial charge in [0.05, 0.1) is 6.42 Å². The van der Waals surface area contributed by atoms with Crippen LogP contribution in [0.15, 0.2) is 24.8 Å². The number of hydrogen-bond acceptors (Lipinski definition) is 6. The zero-order valence-corrected chi connectivity index (χ0v) is 15.0. The van der Waals surface area contributed by atoms with Gasteiger partial charge in [0, 0.05) is 44.4 Å². The molecule has 144 valence electrons. The molecule has 1 saturated carbocycles. The second-order valence-corrected chi connectivity index (χ2v) is 7.10. The molecule has 8 heteroatoms. The first kappa shape index (κ1) is 19.0. The van der Waals surface area contributed by atoms with Crippen molar-refractivity contribution in [3.8, 4) is 0 Å². The summed E-state index contributed by atoms with van der Waals surface area (Å²) < 4.78 is 5.62. The van der Waals surface area contributed by atoms with Crippen LogP contribution in [0.2, 0.25) is 0 Å². The van der Waals surface area contributed by atoms with Crippen LogP contribution in [0.3, 0.4) is 0 Å². The quantitative estimate of drug-likeness (QED) is 0.392. The maximum absolute atomic E-state index is 12.3. The van der Waals surface area contributed by atoms with Gasteiger partial charge < -0.3 is 4.74 Å². The Balaban J connectivity index is 1.72. The van der Waals surface area contributed by atoms with Crippen LogP contribution >= 0.6 is 0 Å². The summed E-state index contributed by atoms with van der Waals surface area (Å²) in [5.74, 6) is -1.85. The minimum atomic E-state index is -1.28. The Kier molecular flexibility index (Phi) is 5.25. The predicted molar refractivity (Wildman–Crippen MR) is 92.5 cm³/mol. The largest absolute Gasteiger partial charge is 0.438 e. The Morgan fingerprint density at radius 3 is 2.19 bits per heavy atom. The standard InChI is InChI=1S/C19H22N2O6/c1-2-3-18(26)27-19(21-16(24)6-7-17(21)25)10-8-13(9-11-19)12-20-14(22)4-5-15(20)23/h2,4-5,13H,1,3,6-12H2. The van der Waals surface area contributed by atoms with E-state index in [-0.39, 0.29) is 55.4 Å². The SMILES string of the molecule is C=CCC(=O)OC1(N2C(=O)CCC2=O)CCC(CN2C(=O)C=CC2=O)CC1. The summed E-state index contributed by atoms with van der Waals surface area (Å²) in [6.45, 7) is 3.78. The molecule has 0 bridgehead atoms. The fourth-order valence-corrected chi connectivity index (χ4v) is 3.95. The highest BCUT2D eigenvalue weighted by molar-refractivity contribution is 6.12. The van der Waals surface area contributed by atoms with Crippen LogP contribution in [0.4, 0.5) is 0 Å². The van der Waals surface area contributed by atoms with Crippen molar-refractivity contribution < 1.29 is 28.7 Å². The first-order chi connectivity index (χ1) is 12.9. The van der Waals surface area contributed by atoms with E-state index in [9.17, 15) is 24.0 Å². The van der Waals surface area contributed by atoms with Gasteiger partial charge in [-0.15, -0.1) is 6.58 Å². The molecule has 1 aliphatic carbocycles. The first-order valence-electron chi connectivity index (χ1n) is 9.08. The number of carbonyl (C=O) groups excluding carboxylic acids is 5. The second-order valence-electron chi connectivity index (χ2n) is 7.10. The monoisotopic (exact) mass is 374 g/mol. The Hall–Kier alpha value is -2.77. The first-order valence-corrected chi connectivity index (χ1v) is 9.08. The van der Waals surface area contributed by atoms with Crippen molar-refractivity contribution in [2.75, 3.05) is 6.54 Å². The van der Waals surface area contributed by atoms with E-state index in [1.54, 1.807) is 0 Å². The van der Waals surface area contributed by atoms with Crippen molar-refractivity contribution in [2.45, 2.75) is 50.7 Å². The van der Waals surface area contributed by atoms with E-state index in [0.29, 0.717) is 25.7 Å². The van der Waals surface area contributed by atoms with Gasteiger partial charge in [-0.25, -0.2) is 4.90 Å². The molecule has 0 spiro atoms. The lowest BCUT2D eigenvalue weighted by Crippen LogP contribution is -2.56. The molecule has 2 heterocycles. The molecule has 8 nitrogen and oxygen atoms in total. The van der Waals surface area contributed by atoms with Gasteiger partial charge in [0.25, 0.3) is 11.8 Å². The smallest absolute Gasteiger partial charge is 0.311 e. The fraction of sp³-hybridized carbons (Fsp3) is 0.526. The molecule has 2 aliphatic heterocycles. The van der Waals surface area contributed by atoms with E-state index in [2.05, 4.69) is 6.58 Å². The Morgan fingerprint density at radius 1 is 1.11 bits per heavy atom. The highest BCUT2D eigenvalue weighted by Crippen LogP contribution is 2.41. The molecule has 0 aromatic heterocycles. The van der Waals surface area contributed by atoms with Gasteiger partial charge in [0.2, 0.25) is 11.8 Å². The highest BCUT2D eigenvalue weighted by atomic mass is 16.6. The summed E-state index contributed by atoms with van der Waals surface area (Å²) in [7, 11) is 0. The van der Waals surface area contributed by atoms with Gasteiger partial charge in [0.1, 0.15) is 0 Å². The lowest BCUT2D eigenvalue weighted by atomic mass is 9.82. The molecule has 0 aromatic carbocycles. The molecule has 27 heavy (non-hydrogen) atoms. The average molecular weight is 374 g/mol. The third kappa shape index (κ3) is 3.70. The Bertz CT molecular complexity index is 698. The third-order valence-corrected chi connectivity index (χ3v) is 5.30. The molecule has 0 aromatic rings. The summed E-state index contributed by atoms with van der Waals surface area (Å²) in [5, 5.41) is 0. The molecular formula is C19H22N2O6. The molecule has 1 saturated heterocycles. The maximum atomic E-state index is 12.3. The lowest BCUT2D eigenvalue weighted by Gasteiger charge is -2.44. The predicted octanol–water partition coefficient (Wildman–Crippen LogP) is 1.07. The van der Waals surface area contributed by atoms with Crippen molar-refractivity contribution in [3.63, 3.8) is 0 Å². The number of imide groups is 2. The van der Waals surface area contributed by atoms with Crippen molar-refractivity contribution in [3.05, 3.63) is 24.8 Å². The molecule has 3 rings (SSSR count). The lowest BCUT2D eigenvalue weighted by molar-refractivity contribution is -0.197. The number of carbonyl (C=O) groups is 5. The summed E-state index contributed by atoms with van der Waals surface area (Å²) in [4.78, 5) is 62.4. The van der Waals surface area contributed by atoms with E-state index in [4.69, 9.17) is 4.74 Å². The molecule has 0 atom stereocenters. The van der Waals surface area contributed by atoms with Gasteiger partial charge >= 0.3 is 5.97 Å². The average Bonchev–Trinajstić information content (AvgIpc) is 3.13.